The lowest BCUT2D eigenvalue weighted by atomic mass is 10.3. The fourth-order valence-electron chi connectivity index (χ4n) is 1.88. The molecule has 1 unspecified atom stereocenters. The first-order chi connectivity index (χ1) is 7.10. The minimum atomic E-state index is -3.20. The van der Waals surface area contributed by atoms with Crippen molar-refractivity contribution in [3.63, 3.8) is 0 Å². The van der Waals surface area contributed by atoms with Gasteiger partial charge in [0, 0.05) is 13.7 Å². The predicted octanol–water partition coefficient (Wildman–Crippen LogP) is -0.178. The van der Waals surface area contributed by atoms with Crippen LogP contribution in [0.15, 0.2) is 0 Å². The molecule has 0 aromatic carbocycles. The van der Waals surface area contributed by atoms with Crippen molar-refractivity contribution >= 4 is 10.0 Å². The Labute approximate surface area is 91.4 Å². The third-order valence-electron chi connectivity index (χ3n) is 2.72. The standard InChI is InChI=1S/C9H20N2O3S/c1-14-7-8(6-10)11-15(12,13)9-4-2-3-5-9/h8-9,11H,2-7,10H2,1H3. The largest absolute Gasteiger partial charge is 0.383 e. The van der Waals surface area contributed by atoms with Crippen LogP contribution in [0, 0.1) is 0 Å². The molecule has 0 saturated heterocycles. The molecule has 15 heavy (non-hydrogen) atoms. The average molecular weight is 236 g/mol. The van der Waals surface area contributed by atoms with Gasteiger partial charge in [-0.25, -0.2) is 13.1 Å². The van der Waals surface area contributed by atoms with E-state index in [1.54, 1.807) is 0 Å². The van der Waals surface area contributed by atoms with Crippen molar-refractivity contribution in [2.24, 2.45) is 5.73 Å². The fraction of sp³-hybridized carbons (Fsp3) is 1.00. The summed E-state index contributed by atoms with van der Waals surface area (Å²) in [5.74, 6) is 0. The monoisotopic (exact) mass is 236 g/mol. The van der Waals surface area contributed by atoms with E-state index in [9.17, 15) is 8.42 Å². The molecule has 5 nitrogen and oxygen atoms in total. The second-order valence-electron chi connectivity index (χ2n) is 3.96. The molecule has 90 valence electrons. The molecule has 1 rings (SSSR count). The Kier molecular flexibility index (Phi) is 4.98. The van der Waals surface area contributed by atoms with Gasteiger partial charge in [-0.1, -0.05) is 12.8 Å². The van der Waals surface area contributed by atoms with Crippen molar-refractivity contribution < 1.29 is 13.2 Å². The summed E-state index contributed by atoms with van der Waals surface area (Å²) in [5, 5.41) is -0.233. The van der Waals surface area contributed by atoms with Gasteiger partial charge in [0.1, 0.15) is 0 Å². The smallest absolute Gasteiger partial charge is 0.214 e. The Morgan fingerprint density at radius 2 is 2.07 bits per heavy atom. The topological polar surface area (TPSA) is 81.4 Å². The van der Waals surface area contributed by atoms with Crippen molar-refractivity contribution in [1.29, 1.82) is 0 Å². The van der Waals surface area contributed by atoms with Gasteiger partial charge in [-0.05, 0) is 12.8 Å². The number of ether oxygens (including phenoxy) is 1. The van der Waals surface area contributed by atoms with Crippen LogP contribution in [0.5, 0.6) is 0 Å². The average Bonchev–Trinajstić information content (AvgIpc) is 2.70. The first kappa shape index (κ1) is 12.9. The van der Waals surface area contributed by atoms with Gasteiger partial charge in [0.05, 0.1) is 17.9 Å². The SMILES string of the molecule is COCC(CN)NS(=O)(=O)C1CCCC1. The van der Waals surface area contributed by atoms with E-state index >= 15 is 0 Å². The first-order valence-electron chi connectivity index (χ1n) is 5.30. The number of nitrogens with one attached hydrogen (secondary N) is 1. The lowest BCUT2D eigenvalue weighted by Crippen LogP contribution is -2.46. The van der Waals surface area contributed by atoms with Crippen LogP contribution < -0.4 is 10.5 Å². The van der Waals surface area contributed by atoms with E-state index in [0.29, 0.717) is 6.61 Å². The number of methoxy groups -OCH3 is 1. The van der Waals surface area contributed by atoms with Crippen LogP contribution in [0.1, 0.15) is 25.7 Å². The second kappa shape index (κ2) is 5.79. The molecule has 0 bridgehead atoms. The summed E-state index contributed by atoms with van der Waals surface area (Å²) in [6.07, 6.45) is 3.53. The number of sulfonamides is 1. The highest BCUT2D eigenvalue weighted by atomic mass is 32.2. The Hall–Kier alpha value is -0.170. The third-order valence-corrected chi connectivity index (χ3v) is 4.74. The first-order valence-corrected chi connectivity index (χ1v) is 6.85. The van der Waals surface area contributed by atoms with E-state index < -0.39 is 10.0 Å². The van der Waals surface area contributed by atoms with Crippen LogP contribution in [0.25, 0.3) is 0 Å². The molecule has 0 spiro atoms. The van der Waals surface area contributed by atoms with E-state index in [1.807, 2.05) is 0 Å². The number of hydrogen-bond acceptors (Lipinski definition) is 4. The second-order valence-corrected chi connectivity index (χ2v) is 5.95. The zero-order chi connectivity index (χ0) is 11.3. The van der Waals surface area contributed by atoms with E-state index in [4.69, 9.17) is 10.5 Å². The minimum Gasteiger partial charge on any atom is -0.383 e. The summed E-state index contributed by atoms with van der Waals surface area (Å²) < 4.78 is 31.2. The van der Waals surface area contributed by atoms with Crippen LogP contribution in [-0.4, -0.2) is 40.0 Å². The Balaban J connectivity index is 2.53. The quantitative estimate of drug-likeness (QED) is 0.670. The molecule has 1 atom stereocenters. The maximum Gasteiger partial charge on any atom is 0.214 e. The summed E-state index contributed by atoms with van der Waals surface area (Å²) >= 11 is 0. The fourth-order valence-corrected chi connectivity index (χ4v) is 3.65. The molecule has 1 fully saturated rings. The van der Waals surface area contributed by atoms with Crippen molar-refractivity contribution in [2.75, 3.05) is 20.3 Å². The van der Waals surface area contributed by atoms with Gasteiger partial charge in [0.2, 0.25) is 10.0 Å². The lowest BCUT2D eigenvalue weighted by molar-refractivity contribution is 0.176. The van der Waals surface area contributed by atoms with Crippen LogP contribution in [0.4, 0.5) is 0 Å². The molecule has 3 N–H and O–H groups in total. The number of rotatable bonds is 6. The highest BCUT2D eigenvalue weighted by Gasteiger charge is 2.30. The Bertz CT molecular complexity index is 273. The normalized spacial score (nSPS) is 20.7. The maximum absolute atomic E-state index is 11.9. The van der Waals surface area contributed by atoms with E-state index in [-0.39, 0.29) is 17.8 Å². The van der Waals surface area contributed by atoms with Crippen LogP contribution in [-0.2, 0) is 14.8 Å². The lowest BCUT2D eigenvalue weighted by Gasteiger charge is -2.19. The maximum atomic E-state index is 11.9. The van der Waals surface area contributed by atoms with Gasteiger partial charge in [-0.15, -0.1) is 0 Å². The summed E-state index contributed by atoms with van der Waals surface area (Å²) in [7, 11) is -1.67. The molecule has 0 aliphatic heterocycles. The molecular weight excluding hydrogens is 216 g/mol. The van der Waals surface area contributed by atoms with E-state index in [1.165, 1.54) is 7.11 Å². The highest BCUT2D eigenvalue weighted by Crippen LogP contribution is 2.24. The summed E-state index contributed by atoms with van der Waals surface area (Å²) in [4.78, 5) is 0. The molecule has 0 amide bonds. The van der Waals surface area contributed by atoms with Crippen LogP contribution in [0.2, 0.25) is 0 Å². The molecule has 1 saturated carbocycles. The zero-order valence-corrected chi connectivity index (χ0v) is 9.92. The molecular formula is C9H20N2O3S. The van der Waals surface area contributed by atoms with Crippen molar-refractivity contribution in [3.05, 3.63) is 0 Å². The molecule has 1 aliphatic rings. The van der Waals surface area contributed by atoms with Gasteiger partial charge in [-0.2, -0.15) is 0 Å². The van der Waals surface area contributed by atoms with Gasteiger partial charge in [0.15, 0.2) is 0 Å². The van der Waals surface area contributed by atoms with E-state index in [0.717, 1.165) is 25.7 Å². The van der Waals surface area contributed by atoms with Crippen molar-refractivity contribution in [3.8, 4) is 0 Å². The summed E-state index contributed by atoms with van der Waals surface area (Å²) in [6.45, 7) is 0.586. The molecule has 1 aliphatic carbocycles. The molecule has 0 aromatic rings. The third kappa shape index (κ3) is 3.71. The van der Waals surface area contributed by atoms with Crippen molar-refractivity contribution in [1.82, 2.24) is 4.72 Å². The van der Waals surface area contributed by atoms with Gasteiger partial charge >= 0.3 is 0 Å². The molecule has 0 aromatic heterocycles. The molecule has 0 heterocycles. The Morgan fingerprint density at radius 1 is 1.47 bits per heavy atom. The molecule has 6 heteroatoms. The zero-order valence-electron chi connectivity index (χ0n) is 9.11. The Morgan fingerprint density at radius 3 is 2.53 bits per heavy atom. The van der Waals surface area contributed by atoms with Gasteiger partial charge in [0.25, 0.3) is 0 Å². The number of hydrogen-bond donors (Lipinski definition) is 2. The summed E-state index contributed by atoms with van der Waals surface area (Å²) in [6, 6.07) is -0.305. The van der Waals surface area contributed by atoms with Crippen LogP contribution >= 0.6 is 0 Å². The highest BCUT2D eigenvalue weighted by molar-refractivity contribution is 7.90. The van der Waals surface area contributed by atoms with Crippen LogP contribution in [0.3, 0.4) is 0 Å². The van der Waals surface area contributed by atoms with Gasteiger partial charge in [-0.3, -0.25) is 0 Å². The molecule has 0 radical (unpaired) electrons. The summed E-state index contributed by atoms with van der Waals surface area (Å²) in [5.41, 5.74) is 5.46. The predicted molar refractivity (Wildman–Crippen MR) is 59.0 cm³/mol. The van der Waals surface area contributed by atoms with Crippen molar-refractivity contribution in [2.45, 2.75) is 37.0 Å². The number of nitrogens with two attached hydrogens (primary N) is 1. The minimum absolute atomic E-state index is 0.233. The van der Waals surface area contributed by atoms with Gasteiger partial charge < -0.3 is 10.5 Å². The van der Waals surface area contributed by atoms with E-state index in [2.05, 4.69) is 4.72 Å².